The number of hydrogen-bond donors (Lipinski definition) is 2. The summed E-state index contributed by atoms with van der Waals surface area (Å²) in [5.41, 5.74) is 5.31. The molecule has 3 N–H and O–H groups in total. The molecule has 0 aromatic rings. The maximum atomic E-state index is 11.6. The Hall–Kier alpha value is -0.810. The van der Waals surface area contributed by atoms with Gasteiger partial charge in [-0.15, -0.1) is 0 Å². The molecule has 0 aromatic heterocycles. The Morgan fingerprint density at radius 1 is 1.37 bits per heavy atom. The number of ether oxygens (including phenoxy) is 2. The summed E-state index contributed by atoms with van der Waals surface area (Å²) >= 11 is 0. The van der Waals surface area contributed by atoms with Gasteiger partial charge in [0.1, 0.15) is 5.60 Å². The Balaban J connectivity index is -0.000000774. The molecule has 1 heterocycles. The van der Waals surface area contributed by atoms with E-state index in [1.165, 1.54) is 0 Å². The molecule has 0 aromatic carbocycles. The van der Waals surface area contributed by atoms with Crippen molar-refractivity contribution in [3.8, 4) is 0 Å². The quantitative estimate of drug-likeness (QED) is 0.832. The standard InChI is InChI=1S/C12H24N2O3.C2H6.2H2/c1-11(2,3)17-10(15)14-9-12(8-13)4-6-16-7-5-12;1-2;;/h4-9,13H2,1-3H3,(H,14,15);1-2H3;2*1H. The molecular formula is C14H34N2O3. The van der Waals surface area contributed by atoms with Crippen LogP contribution in [0.2, 0.25) is 0 Å². The van der Waals surface area contributed by atoms with Crippen LogP contribution in [-0.2, 0) is 9.47 Å². The van der Waals surface area contributed by atoms with E-state index >= 15 is 0 Å². The van der Waals surface area contributed by atoms with Gasteiger partial charge in [0.05, 0.1) is 0 Å². The van der Waals surface area contributed by atoms with Crippen molar-refractivity contribution >= 4 is 6.09 Å². The average Bonchev–Trinajstić information content (AvgIpc) is 2.38. The minimum absolute atomic E-state index is 0. The van der Waals surface area contributed by atoms with Crippen LogP contribution in [0.1, 0.15) is 50.3 Å². The number of alkyl carbamates (subject to hydrolysis) is 1. The van der Waals surface area contributed by atoms with E-state index in [-0.39, 0.29) is 14.4 Å². The predicted molar refractivity (Wildman–Crippen MR) is 81.4 cm³/mol. The summed E-state index contributed by atoms with van der Waals surface area (Å²) in [6, 6.07) is 0. The van der Waals surface area contributed by atoms with Gasteiger partial charge < -0.3 is 20.5 Å². The molecule has 0 saturated carbocycles. The van der Waals surface area contributed by atoms with Crippen molar-refractivity contribution < 1.29 is 17.1 Å². The van der Waals surface area contributed by atoms with Crippen LogP contribution < -0.4 is 11.1 Å². The average molecular weight is 278 g/mol. The fourth-order valence-electron chi connectivity index (χ4n) is 1.83. The van der Waals surface area contributed by atoms with E-state index in [9.17, 15) is 4.79 Å². The first-order valence-corrected chi connectivity index (χ1v) is 7.12. The smallest absolute Gasteiger partial charge is 0.407 e. The van der Waals surface area contributed by atoms with Crippen molar-refractivity contribution in [3.63, 3.8) is 0 Å². The van der Waals surface area contributed by atoms with Crippen LogP contribution in [0.3, 0.4) is 0 Å². The minimum atomic E-state index is -0.463. The van der Waals surface area contributed by atoms with Gasteiger partial charge >= 0.3 is 6.09 Å². The van der Waals surface area contributed by atoms with Crippen LogP contribution >= 0.6 is 0 Å². The van der Waals surface area contributed by atoms with E-state index in [1.54, 1.807) is 0 Å². The van der Waals surface area contributed by atoms with Gasteiger partial charge in [0.15, 0.2) is 0 Å². The molecule has 0 bridgehead atoms. The summed E-state index contributed by atoms with van der Waals surface area (Å²) in [5.74, 6) is 0. The van der Waals surface area contributed by atoms with E-state index < -0.39 is 5.60 Å². The lowest BCUT2D eigenvalue weighted by atomic mass is 9.80. The summed E-state index contributed by atoms with van der Waals surface area (Å²) in [7, 11) is 0. The van der Waals surface area contributed by atoms with Crippen LogP contribution in [0, 0.1) is 5.41 Å². The molecular weight excluding hydrogens is 244 g/mol. The third-order valence-corrected chi connectivity index (χ3v) is 2.99. The number of hydrogen-bond acceptors (Lipinski definition) is 4. The van der Waals surface area contributed by atoms with Gasteiger partial charge in [0, 0.05) is 28.0 Å². The second kappa shape index (κ2) is 8.38. The summed E-state index contributed by atoms with van der Waals surface area (Å²) in [4.78, 5) is 11.6. The van der Waals surface area contributed by atoms with Gasteiger partial charge in [-0.3, -0.25) is 0 Å². The first kappa shape index (κ1) is 18.2. The maximum absolute atomic E-state index is 11.6. The highest BCUT2D eigenvalue weighted by Gasteiger charge is 2.32. The second-order valence-electron chi connectivity index (χ2n) is 5.67. The van der Waals surface area contributed by atoms with E-state index in [0.29, 0.717) is 26.3 Å². The lowest BCUT2D eigenvalue weighted by Crippen LogP contribution is -2.46. The molecule has 118 valence electrons. The zero-order chi connectivity index (χ0) is 14.9. The van der Waals surface area contributed by atoms with Crippen molar-refractivity contribution in [2.24, 2.45) is 11.1 Å². The van der Waals surface area contributed by atoms with E-state index in [0.717, 1.165) is 12.8 Å². The summed E-state index contributed by atoms with van der Waals surface area (Å²) in [6.07, 6.45) is 1.40. The highest BCUT2D eigenvalue weighted by Crippen LogP contribution is 2.28. The SMILES string of the molecule is CC.CC(C)(C)OC(=O)NCC1(CN)CCOCC1.[HH].[HH]. The summed E-state index contributed by atoms with van der Waals surface area (Å²) in [6.45, 7) is 12.1. The number of amides is 1. The topological polar surface area (TPSA) is 73.6 Å². The van der Waals surface area contributed by atoms with Gasteiger partial charge in [0.2, 0.25) is 0 Å². The first-order valence-electron chi connectivity index (χ1n) is 7.12. The maximum Gasteiger partial charge on any atom is 0.407 e. The molecule has 1 fully saturated rings. The van der Waals surface area contributed by atoms with Gasteiger partial charge in [0.25, 0.3) is 0 Å². The third-order valence-electron chi connectivity index (χ3n) is 2.99. The predicted octanol–water partition coefficient (Wildman–Crippen LogP) is 2.78. The van der Waals surface area contributed by atoms with Crippen LogP contribution in [0.15, 0.2) is 0 Å². The van der Waals surface area contributed by atoms with Gasteiger partial charge in [-0.1, -0.05) is 13.8 Å². The van der Waals surface area contributed by atoms with Crippen LogP contribution in [-0.4, -0.2) is 38.0 Å². The molecule has 1 saturated heterocycles. The molecule has 1 aliphatic rings. The van der Waals surface area contributed by atoms with Gasteiger partial charge in [-0.05, 0) is 40.2 Å². The zero-order valence-corrected chi connectivity index (χ0v) is 13.0. The van der Waals surface area contributed by atoms with Gasteiger partial charge in [-0.25, -0.2) is 4.79 Å². The minimum Gasteiger partial charge on any atom is -0.444 e. The Morgan fingerprint density at radius 2 is 1.89 bits per heavy atom. The number of nitrogens with two attached hydrogens (primary N) is 1. The molecule has 19 heavy (non-hydrogen) atoms. The van der Waals surface area contributed by atoms with Gasteiger partial charge in [-0.2, -0.15) is 0 Å². The van der Waals surface area contributed by atoms with Crippen LogP contribution in [0.5, 0.6) is 0 Å². The Labute approximate surface area is 120 Å². The molecule has 1 rings (SSSR count). The normalized spacial score (nSPS) is 18.0. The van der Waals surface area contributed by atoms with Crippen molar-refractivity contribution in [3.05, 3.63) is 0 Å². The highest BCUT2D eigenvalue weighted by molar-refractivity contribution is 5.67. The van der Waals surface area contributed by atoms with Crippen LogP contribution in [0.25, 0.3) is 0 Å². The molecule has 0 radical (unpaired) electrons. The van der Waals surface area contributed by atoms with E-state index in [4.69, 9.17) is 15.2 Å². The molecule has 1 amide bonds. The Morgan fingerprint density at radius 3 is 2.32 bits per heavy atom. The number of nitrogens with one attached hydrogen (secondary N) is 1. The molecule has 5 nitrogen and oxygen atoms in total. The Bertz CT molecular complexity index is 265. The lowest BCUT2D eigenvalue weighted by molar-refractivity contribution is 0.0138. The lowest BCUT2D eigenvalue weighted by Gasteiger charge is -2.36. The zero-order valence-electron chi connectivity index (χ0n) is 13.0. The van der Waals surface area contributed by atoms with Crippen molar-refractivity contribution in [2.45, 2.75) is 53.1 Å². The molecule has 0 atom stereocenters. The monoisotopic (exact) mass is 278 g/mol. The number of carbonyl (C=O) groups excluding carboxylic acids is 1. The molecule has 5 heteroatoms. The van der Waals surface area contributed by atoms with E-state index in [2.05, 4.69) is 5.32 Å². The summed E-state index contributed by atoms with van der Waals surface area (Å²) < 4.78 is 10.5. The van der Waals surface area contributed by atoms with Crippen molar-refractivity contribution in [2.75, 3.05) is 26.3 Å². The summed E-state index contributed by atoms with van der Waals surface area (Å²) in [5, 5.41) is 2.80. The fourth-order valence-corrected chi connectivity index (χ4v) is 1.83. The number of rotatable bonds is 3. The van der Waals surface area contributed by atoms with E-state index in [1.807, 2.05) is 34.6 Å². The number of carbonyl (C=O) groups is 1. The second-order valence-corrected chi connectivity index (χ2v) is 5.67. The molecule has 0 spiro atoms. The first-order chi connectivity index (χ1) is 8.87. The van der Waals surface area contributed by atoms with Crippen LogP contribution in [0.4, 0.5) is 4.79 Å². The molecule has 0 aliphatic carbocycles. The third kappa shape index (κ3) is 7.38. The molecule has 0 unspecified atom stereocenters. The fraction of sp³-hybridized carbons (Fsp3) is 0.929. The highest BCUT2D eigenvalue weighted by atomic mass is 16.6. The van der Waals surface area contributed by atoms with Crippen molar-refractivity contribution in [1.82, 2.24) is 5.32 Å². The molecule has 1 aliphatic heterocycles. The Kier molecular flexibility index (Phi) is 8.02. The van der Waals surface area contributed by atoms with Crippen molar-refractivity contribution in [1.29, 1.82) is 0 Å². The largest absolute Gasteiger partial charge is 0.444 e.